The van der Waals surface area contributed by atoms with Crippen molar-refractivity contribution in [2.24, 2.45) is 0 Å². The van der Waals surface area contributed by atoms with Gasteiger partial charge in [0.25, 0.3) is 0 Å². The van der Waals surface area contributed by atoms with E-state index in [2.05, 4.69) is 29.9 Å². The average Bonchev–Trinajstić information content (AvgIpc) is 3.22. The Hall–Kier alpha value is -2.47. The molecule has 0 aliphatic heterocycles. The molecule has 3 heterocycles. The number of aromatic nitrogens is 6. The van der Waals surface area contributed by atoms with Gasteiger partial charge in [-0.15, -0.1) is 10.2 Å². The lowest BCUT2D eigenvalue weighted by molar-refractivity contribution is 0.0972. The van der Waals surface area contributed by atoms with Crippen molar-refractivity contribution < 1.29 is 14.2 Å². The van der Waals surface area contributed by atoms with Gasteiger partial charge in [-0.05, 0) is 31.9 Å². The van der Waals surface area contributed by atoms with E-state index in [-0.39, 0.29) is 11.4 Å². The smallest absolute Gasteiger partial charge is 0.235 e. The fourth-order valence-corrected chi connectivity index (χ4v) is 3.81. The molecule has 1 N–H and O–H groups in total. The van der Waals surface area contributed by atoms with Crippen LogP contribution < -0.4 is 9.46 Å². The van der Waals surface area contributed by atoms with Crippen LogP contribution in [0.4, 0.5) is 5.95 Å². The van der Waals surface area contributed by atoms with Crippen molar-refractivity contribution >= 4 is 29.5 Å². The lowest BCUT2D eigenvalue weighted by Crippen LogP contribution is -2.19. The molecule has 0 aliphatic carbocycles. The molecule has 12 heteroatoms. The highest BCUT2D eigenvalue weighted by Gasteiger charge is 2.24. The van der Waals surface area contributed by atoms with E-state index in [1.807, 2.05) is 30.5 Å². The summed E-state index contributed by atoms with van der Waals surface area (Å²) in [6, 6.07) is 5.51. The van der Waals surface area contributed by atoms with Gasteiger partial charge in [0, 0.05) is 32.2 Å². The van der Waals surface area contributed by atoms with Gasteiger partial charge in [-0.2, -0.15) is 0 Å². The van der Waals surface area contributed by atoms with Gasteiger partial charge in [-0.1, -0.05) is 17.7 Å². The minimum absolute atomic E-state index is 0.0448. The molecule has 0 saturated heterocycles. The summed E-state index contributed by atoms with van der Waals surface area (Å²) in [5.41, 5.74) is 0.656. The highest BCUT2D eigenvalue weighted by atomic mass is 35.5. The lowest BCUT2D eigenvalue weighted by atomic mass is 10.2. The zero-order chi connectivity index (χ0) is 22.9. The van der Waals surface area contributed by atoms with Gasteiger partial charge in [-0.25, -0.2) is 15.0 Å². The number of rotatable bonds is 12. The summed E-state index contributed by atoms with van der Waals surface area (Å²) in [5.74, 6) is 2.25. The largest absolute Gasteiger partial charge is 0.481 e. The normalized spacial score (nSPS) is 13.0. The molecule has 2 atom stereocenters. The molecule has 0 saturated carbocycles. The van der Waals surface area contributed by atoms with Gasteiger partial charge in [-0.3, -0.25) is 9.29 Å². The number of pyridine rings is 1. The Kier molecular flexibility index (Phi) is 9.03. The SMILES string of the molecule is CCOCCn1c(NSC(C)C(OC)c2ncc(Cl)cn2)nnc1-c1cccc(OC)n1. The van der Waals surface area contributed by atoms with Crippen molar-refractivity contribution in [3.63, 3.8) is 0 Å². The molecular weight excluding hydrogens is 454 g/mol. The maximum atomic E-state index is 5.90. The van der Waals surface area contributed by atoms with Crippen LogP contribution in [0.25, 0.3) is 11.5 Å². The Morgan fingerprint density at radius 2 is 1.97 bits per heavy atom. The standard InChI is InChI=1S/C20H26ClN7O3S/c1-5-31-10-9-28-19(15-7-6-8-16(24-15)29-3)25-26-20(28)27-32-13(2)17(30-4)18-22-11-14(21)12-23-18/h6-8,11-13,17H,5,9-10H2,1-4H3,(H,26,27). The van der Waals surface area contributed by atoms with E-state index < -0.39 is 0 Å². The number of halogens is 1. The summed E-state index contributed by atoms with van der Waals surface area (Å²) in [7, 11) is 3.20. The number of methoxy groups -OCH3 is 2. The second-order valence-corrected chi connectivity index (χ2v) is 8.22. The molecule has 3 aromatic rings. The number of hydrogen-bond acceptors (Lipinski definition) is 10. The third-order valence-corrected chi connectivity index (χ3v) is 5.60. The highest BCUT2D eigenvalue weighted by Crippen LogP contribution is 2.29. The average molecular weight is 480 g/mol. The zero-order valence-corrected chi connectivity index (χ0v) is 19.9. The van der Waals surface area contributed by atoms with E-state index in [4.69, 9.17) is 25.8 Å². The lowest BCUT2D eigenvalue weighted by Gasteiger charge is -2.21. The van der Waals surface area contributed by atoms with Crippen molar-refractivity contribution in [3.05, 3.63) is 41.4 Å². The molecule has 3 rings (SSSR count). The monoisotopic (exact) mass is 479 g/mol. The van der Waals surface area contributed by atoms with E-state index in [0.717, 1.165) is 0 Å². The van der Waals surface area contributed by atoms with Crippen molar-refractivity contribution in [1.82, 2.24) is 29.7 Å². The first-order valence-corrected chi connectivity index (χ1v) is 11.3. The molecular formula is C20H26ClN7O3S. The minimum atomic E-state index is -0.343. The quantitative estimate of drug-likeness (QED) is 0.305. The molecule has 0 fully saturated rings. The first-order chi connectivity index (χ1) is 15.6. The van der Waals surface area contributed by atoms with Gasteiger partial charge < -0.3 is 14.2 Å². The summed E-state index contributed by atoms with van der Waals surface area (Å²) >= 11 is 7.33. The van der Waals surface area contributed by atoms with E-state index in [1.54, 1.807) is 32.7 Å². The van der Waals surface area contributed by atoms with Crippen molar-refractivity contribution in [3.8, 4) is 17.4 Å². The molecule has 0 amide bonds. The second kappa shape index (κ2) is 12.0. The van der Waals surface area contributed by atoms with Crippen molar-refractivity contribution in [2.75, 3.05) is 32.2 Å². The Labute approximate surface area is 196 Å². The fraction of sp³-hybridized carbons (Fsp3) is 0.450. The number of anilines is 1. The number of hydrogen-bond donors (Lipinski definition) is 1. The Morgan fingerprint density at radius 3 is 2.66 bits per heavy atom. The Balaban J connectivity index is 1.78. The fourth-order valence-electron chi connectivity index (χ4n) is 2.92. The molecule has 0 radical (unpaired) electrons. The maximum absolute atomic E-state index is 5.90. The molecule has 172 valence electrons. The van der Waals surface area contributed by atoms with Crippen LogP contribution in [-0.4, -0.2) is 62.4 Å². The Bertz CT molecular complexity index is 990. The first kappa shape index (κ1) is 24.2. The highest BCUT2D eigenvalue weighted by molar-refractivity contribution is 8.01. The molecule has 2 unspecified atom stereocenters. The van der Waals surface area contributed by atoms with Gasteiger partial charge >= 0.3 is 0 Å². The molecule has 3 aromatic heterocycles. The van der Waals surface area contributed by atoms with Gasteiger partial charge in [0.15, 0.2) is 11.6 Å². The van der Waals surface area contributed by atoms with Crippen LogP contribution in [0, 0.1) is 0 Å². The molecule has 32 heavy (non-hydrogen) atoms. The topological polar surface area (TPSA) is 109 Å². The zero-order valence-electron chi connectivity index (χ0n) is 18.4. The predicted molar refractivity (Wildman–Crippen MR) is 124 cm³/mol. The minimum Gasteiger partial charge on any atom is -0.481 e. The third-order valence-electron chi connectivity index (χ3n) is 4.49. The van der Waals surface area contributed by atoms with Crippen LogP contribution in [0.15, 0.2) is 30.6 Å². The second-order valence-electron chi connectivity index (χ2n) is 6.60. The number of ether oxygens (including phenoxy) is 3. The third kappa shape index (κ3) is 6.06. The van der Waals surface area contributed by atoms with E-state index >= 15 is 0 Å². The van der Waals surface area contributed by atoms with Gasteiger partial charge in [0.2, 0.25) is 11.8 Å². The molecule has 0 aliphatic rings. The van der Waals surface area contributed by atoms with Crippen LogP contribution in [0.2, 0.25) is 5.02 Å². The van der Waals surface area contributed by atoms with E-state index in [0.29, 0.717) is 54.0 Å². The van der Waals surface area contributed by atoms with Crippen LogP contribution in [0.5, 0.6) is 5.88 Å². The van der Waals surface area contributed by atoms with Crippen LogP contribution in [-0.2, 0) is 16.0 Å². The van der Waals surface area contributed by atoms with Gasteiger partial charge in [0.1, 0.15) is 11.8 Å². The van der Waals surface area contributed by atoms with Crippen molar-refractivity contribution in [2.45, 2.75) is 31.7 Å². The maximum Gasteiger partial charge on any atom is 0.235 e. The summed E-state index contributed by atoms with van der Waals surface area (Å²) in [4.78, 5) is 13.0. The summed E-state index contributed by atoms with van der Waals surface area (Å²) < 4.78 is 21.6. The van der Waals surface area contributed by atoms with Crippen molar-refractivity contribution in [1.29, 1.82) is 0 Å². The first-order valence-electron chi connectivity index (χ1n) is 10.0. The van der Waals surface area contributed by atoms with Crippen LogP contribution >= 0.6 is 23.5 Å². The van der Waals surface area contributed by atoms with Crippen LogP contribution in [0.1, 0.15) is 25.8 Å². The number of nitrogens with zero attached hydrogens (tertiary/aromatic N) is 6. The van der Waals surface area contributed by atoms with E-state index in [9.17, 15) is 0 Å². The van der Waals surface area contributed by atoms with E-state index in [1.165, 1.54) is 11.9 Å². The van der Waals surface area contributed by atoms with Crippen LogP contribution in [0.3, 0.4) is 0 Å². The molecule has 0 bridgehead atoms. The summed E-state index contributed by atoms with van der Waals surface area (Å²) in [6.07, 6.45) is 2.76. The molecule has 0 aromatic carbocycles. The van der Waals surface area contributed by atoms with Gasteiger partial charge in [0.05, 0.1) is 30.5 Å². The summed E-state index contributed by atoms with van der Waals surface area (Å²) in [5, 5.41) is 9.10. The predicted octanol–water partition coefficient (Wildman–Crippen LogP) is 3.66. The summed E-state index contributed by atoms with van der Waals surface area (Å²) in [6.45, 7) is 5.66. The molecule has 0 spiro atoms. The Morgan fingerprint density at radius 1 is 1.19 bits per heavy atom. The number of nitrogens with one attached hydrogen (secondary N) is 1. The molecule has 10 nitrogen and oxygen atoms in total.